The summed E-state index contributed by atoms with van der Waals surface area (Å²) in [6.07, 6.45) is 4.91. The number of nitrogens with zero attached hydrogens (tertiary/aromatic N) is 5. The highest BCUT2D eigenvalue weighted by Gasteiger charge is 2.30. The summed E-state index contributed by atoms with van der Waals surface area (Å²) in [6.45, 7) is 1.44. The first-order chi connectivity index (χ1) is 10.8. The maximum absolute atomic E-state index is 5.93. The van der Waals surface area contributed by atoms with Crippen LogP contribution in [0.25, 0.3) is 11.0 Å². The fourth-order valence-corrected chi connectivity index (χ4v) is 2.49. The number of hydrogen-bond acceptors (Lipinski definition) is 6. The van der Waals surface area contributed by atoms with Crippen molar-refractivity contribution in [2.75, 3.05) is 18.0 Å². The molecule has 22 heavy (non-hydrogen) atoms. The second-order valence-electron chi connectivity index (χ2n) is 5.01. The molecule has 1 aliphatic heterocycles. The van der Waals surface area contributed by atoms with Crippen LogP contribution in [0, 0.1) is 0 Å². The van der Waals surface area contributed by atoms with Gasteiger partial charge in [-0.05, 0) is 12.1 Å². The number of ether oxygens (including phenoxy) is 1. The Kier molecular flexibility index (Phi) is 3.23. The first kappa shape index (κ1) is 13.2. The second-order valence-corrected chi connectivity index (χ2v) is 5.37. The average molecular weight is 314 g/mol. The van der Waals surface area contributed by atoms with Crippen LogP contribution in [0.2, 0.25) is 5.15 Å². The summed E-state index contributed by atoms with van der Waals surface area (Å²) in [6, 6.07) is 7.82. The van der Waals surface area contributed by atoms with Crippen LogP contribution < -0.4 is 9.64 Å². The zero-order chi connectivity index (χ0) is 14.9. The fourth-order valence-electron chi connectivity index (χ4n) is 2.34. The summed E-state index contributed by atoms with van der Waals surface area (Å²) in [5, 5.41) is 0.284. The molecule has 3 aromatic rings. The molecule has 1 aromatic carbocycles. The Bertz CT molecular complexity index is 822. The number of rotatable bonds is 3. The van der Waals surface area contributed by atoms with Gasteiger partial charge in [0.05, 0.1) is 30.3 Å². The van der Waals surface area contributed by atoms with Crippen molar-refractivity contribution < 1.29 is 4.74 Å². The smallest absolute Gasteiger partial charge is 0.252 e. The van der Waals surface area contributed by atoms with Gasteiger partial charge in [0, 0.05) is 12.4 Å². The van der Waals surface area contributed by atoms with Crippen molar-refractivity contribution in [3.05, 3.63) is 48.0 Å². The molecule has 1 fully saturated rings. The van der Waals surface area contributed by atoms with Gasteiger partial charge in [-0.25, -0.2) is 15.0 Å². The van der Waals surface area contributed by atoms with Crippen LogP contribution in [0.3, 0.4) is 0 Å². The molecule has 0 aliphatic carbocycles. The summed E-state index contributed by atoms with van der Waals surface area (Å²) in [7, 11) is 0. The van der Waals surface area contributed by atoms with Crippen molar-refractivity contribution in [3.8, 4) is 5.88 Å². The quantitative estimate of drug-likeness (QED) is 0.739. The number of benzene rings is 1. The average Bonchev–Trinajstić information content (AvgIpc) is 2.51. The second kappa shape index (κ2) is 5.38. The van der Waals surface area contributed by atoms with E-state index in [4.69, 9.17) is 16.3 Å². The third-order valence-corrected chi connectivity index (χ3v) is 3.77. The summed E-state index contributed by atoms with van der Waals surface area (Å²) in [5.41, 5.74) is 1.78. The Balaban J connectivity index is 1.45. The molecule has 1 aliphatic rings. The molecule has 3 heterocycles. The van der Waals surface area contributed by atoms with Crippen molar-refractivity contribution in [2.24, 2.45) is 0 Å². The predicted molar refractivity (Wildman–Crippen MR) is 83.2 cm³/mol. The number of anilines is 1. The highest BCUT2D eigenvalue weighted by molar-refractivity contribution is 6.30. The van der Waals surface area contributed by atoms with Crippen LogP contribution in [0.4, 0.5) is 5.82 Å². The van der Waals surface area contributed by atoms with E-state index >= 15 is 0 Å². The highest BCUT2D eigenvalue weighted by Crippen LogP contribution is 2.25. The lowest BCUT2D eigenvalue weighted by molar-refractivity contribution is 0.159. The number of halogens is 1. The maximum atomic E-state index is 5.93. The Morgan fingerprint density at radius 2 is 1.82 bits per heavy atom. The molecule has 110 valence electrons. The Morgan fingerprint density at radius 1 is 1.05 bits per heavy atom. The summed E-state index contributed by atoms with van der Waals surface area (Å²) in [5.74, 6) is 1.22. The Labute approximate surface area is 131 Å². The molecule has 1 saturated heterocycles. The number of para-hydroxylation sites is 2. The molecule has 4 rings (SSSR count). The normalized spacial score (nSPS) is 14.9. The molecule has 0 N–H and O–H groups in total. The van der Waals surface area contributed by atoms with E-state index in [1.807, 2.05) is 24.3 Å². The van der Waals surface area contributed by atoms with E-state index in [9.17, 15) is 0 Å². The molecular formula is C15H12ClN5O. The molecule has 0 saturated carbocycles. The van der Waals surface area contributed by atoms with E-state index < -0.39 is 0 Å². The van der Waals surface area contributed by atoms with Crippen LogP contribution in [0.5, 0.6) is 5.88 Å². The standard InChI is InChI=1S/C15H12ClN5O/c16-14-15(18-6-5-17-14)22-10-8-21(9-10)13-7-19-11-3-1-2-4-12(11)20-13/h1-7,10H,8-9H2. The van der Waals surface area contributed by atoms with Crippen molar-refractivity contribution in [3.63, 3.8) is 0 Å². The molecule has 7 heteroatoms. The van der Waals surface area contributed by atoms with Gasteiger partial charge < -0.3 is 9.64 Å². The lowest BCUT2D eigenvalue weighted by atomic mass is 10.1. The fraction of sp³-hybridized carbons (Fsp3) is 0.200. The molecule has 6 nitrogen and oxygen atoms in total. The van der Waals surface area contributed by atoms with Gasteiger partial charge in [0.25, 0.3) is 5.88 Å². The van der Waals surface area contributed by atoms with E-state index in [1.54, 1.807) is 12.4 Å². The lowest BCUT2D eigenvalue weighted by Crippen LogP contribution is -2.54. The van der Waals surface area contributed by atoms with Gasteiger partial charge in [0.15, 0.2) is 5.15 Å². The molecule has 2 aromatic heterocycles. The number of fused-ring (bicyclic) bond motifs is 1. The summed E-state index contributed by atoms with van der Waals surface area (Å²) < 4.78 is 5.72. The van der Waals surface area contributed by atoms with E-state index in [0.29, 0.717) is 5.88 Å². The SMILES string of the molecule is Clc1nccnc1OC1CN(c2cnc3ccccc3n2)C1. The molecule has 0 amide bonds. The third kappa shape index (κ3) is 2.42. The minimum atomic E-state index is 0.0301. The molecule has 0 atom stereocenters. The van der Waals surface area contributed by atoms with Gasteiger partial charge in [0.2, 0.25) is 0 Å². The van der Waals surface area contributed by atoms with Gasteiger partial charge in [-0.1, -0.05) is 23.7 Å². The van der Waals surface area contributed by atoms with Gasteiger partial charge >= 0.3 is 0 Å². The molecule has 0 radical (unpaired) electrons. The molecule has 0 spiro atoms. The first-order valence-electron chi connectivity index (χ1n) is 6.89. The molecular weight excluding hydrogens is 302 g/mol. The largest absolute Gasteiger partial charge is 0.468 e. The highest BCUT2D eigenvalue weighted by atomic mass is 35.5. The first-order valence-corrected chi connectivity index (χ1v) is 7.27. The van der Waals surface area contributed by atoms with Crippen LogP contribution in [-0.4, -0.2) is 39.1 Å². The van der Waals surface area contributed by atoms with Crippen LogP contribution in [-0.2, 0) is 0 Å². The lowest BCUT2D eigenvalue weighted by Gasteiger charge is -2.39. The van der Waals surface area contributed by atoms with Crippen LogP contribution in [0.1, 0.15) is 0 Å². The third-order valence-electron chi connectivity index (χ3n) is 3.51. The van der Waals surface area contributed by atoms with Gasteiger partial charge in [-0.3, -0.25) is 4.98 Å². The van der Waals surface area contributed by atoms with Crippen LogP contribution >= 0.6 is 11.6 Å². The van der Waals surface area contributed by atoms with Crippen molar-refractivity contribution in [1.29, 1.82) is 0 Å². The van der Waals surface area contributed by atoms with Gasteiger partial charge in [-0.15, -0.1) is 0 Å². The Hall–Kier alpha value is -2.47. The van der Waals surface area contributed by atoms with Crippen molar-refractivity contribution in [2.45, 2.75) is 6.10 Å². The zero-order valence-corrected chi connectivity index (χ0v) is 12.3. The van der Waals surface area contributed by atoms with Crippen molar-refractivity contribution >= 4 is 28.5 Å². The molecule has 0 bridgehead atoms. The van der Waals surface area contributed by atoms with E-state index in [0.717, 1.165) is 29.9 Å². The topological polar surface area (TPSA) is 64.0 Å². The van der Waals surface area contributed by atoms with E-state index in [1.165, 1.54) is 6.20 Å². The summed E-state index contributed by atoms with van der Waals surface area (Å²) in [4.78, 5) is 19.2. The van der Waals surface area contributed by atoms with Crippen molar-refractivity contribution in [1.82, 2.24) is 19.9 Å². The zero-order valence-electron chi connectivity index (χ0n) is 11.6. The minimum Gasteiger partial charge on any atom is -0.468 e. The van der Waals surface area contributed by atoms with Gasteiger partial charge in [-0.2, -0.15) is 0 Å². The number of aromatic nitrogens is 4. The monoisotopic (exact) mass is 313 g/mol. The summed E-state index contributed by atoms with van der Waals surface area (Å²) >= 11 is 5.93. The molecule has 0 unspecified atom stereocenters. The predicted octanol–water partition coefficient (Wildman–Crippen LogP) is 2.34. The minimum absolute atomic E-state index is 0.0301. The van der Waals surface area contributed by atoms with Crippen LogP contribution in [0.15, 0.2) is 42.9 Å². The van der Waals surface area contributed by atoms with Gasteiger partial charge in [0.1, 0.15) is 11.9 Å². The van der Waals surface area contributed by atoms with E-state index in [-0.39, 0.29) is 11.3 Å². The number of hydrogen-bond donors (Lipinski definition) is 0. The maximum Gasteiger partial charge on any atom is 0.252 e. The van der Waals surface area contributed by atoms with E-state index in [2.05, 4.69) is 24.8 Å². The Morgan fingerprint density at radius 3 is 2.64 bits per heavy atom.